The van der Waals surface area contributed by atoms with E-state index < -0.39 is 10.0 Å². The zero-order chi connectivity index (χ0) is 15.7. The first-order valence-corrected chi connectivity index (χ1v) is 8.00. The van der Waals surface area contributed by atoms with Crippen molar-refractivity contribution in [2.75, 3.05) is 0 Å². The van der Waals surface area contributed by atoms with E-state index in [9.17, 15) is 8.42 Å². The number of sulfonamides is 1. The topological polar surface area (TPSA) is 90.9 Å². The van der Waals surface area contributed by atoms with Gasteiger partial charge in [0.05, 0.1) is 11.1 Å². The van der Waals surface area contributed by atoms with E-state index in [1.807, 2.05) is 12.1 Å². The highest BCUT2D eigenvalue weighted by molar-refractivity contribution is 7.89. The van der Waals surface area contributed by atoms with E-state index in [1.54, 1.807) is 36.3 Å². The number of nitrogens with two attached hydrogens (primary N) is 1. The number of hydrogen-bond donors (Lipinski definition) is 1. The van der Waals surface area contributed by atoms with Crippen LogP contribution in [-0.4, -0.2) is 23.2 Å². The molecule has 22 heavy (non-hydrogen) atoms. The van der Waals surface area contributed by atoms with Crippen LogP contribution in [0.1, 0.15) is 0 Å². The summed E-state index contributed by atoms with van der Waals surface area (Å²) in [5, 5.41) is 9.53. The molecular formula is C15H13N4O2S. The first kappa shape index (κ1) is 14.4. The number of benzene rings is 1. The van der Waals surface area contributed by atoms with Crippen molar-refractivity contribution in [1.29, 1.82) is 0 Å². The molecule has 7 heteroatoms. The van der Waals surface area contributed by atoms with Crippen LogP contribution in [0.3, 0.4) is 0 Å². The Balaban J connectivity index is 2.10. The fourth-order valence-corrected chi connectivity index (χ4v) is 2.68. The first-order valence-electron chi connectivity index (χ1n) is 6.45. The highest BCUT2D eigenvalue weighted by atomic mass is 32.2. The van der Waals surface area contributed by atoms with Gasteiger partial charge in [-0.25, -0.2) is 13.6 Å². The van der Waals surface area contributed by atoms with Crippen LogP contribution in [0.5, 0.6) is 0 Å². The molecule has 0 aliphatic carbocycles. The second-order valence-corrected chi connectivity index (χ2v) is 6.33. The van der Waals surface area contributed by atoms with Crippen molar-refractivity contribution >= 4 is 10.0 Å². The molecule has 111 valence electrons. The molecule has 0 aliphatic heterocycles. The zero-order valence-corrected chi connectivity index (χ0v) is 12.6. The molecular weight excluding hydrogens is 300 g/mol. The maximum absolute atomic E-state index is 11.3. The molecule has 0 saturated carbocycles. The summed E-state index contributed by atoms with van der Waals surface area (Å²) < 4.78 is 24.2. The monoisotopic (exact) mass is 313 g/mol. The van der Waals surface area contributed by atoms with Gasteiger partial charge in [-0.1, -0.05) is 12.1 Å². The number of aryl methyl sites for hydroxylation is 1. The highest BCUT2D eigenvalue weighted by Gasteiger charge is 2.14. The molecule has 6 nitrogen and oxygen atoms in total. The number of hydrogen-bond acceptors (Lipinski definition) is 4. The second-order valence-electron chi connectivity index (χ2n) is 4.76. The second kappa shape index (κ2) is 5.36. The Morgan fingerprint density at radius 1 is 1.05 bits per heavy atom. The first-order chi connectivity index (χ1) is 10.4. The Morgan fingerprint density at radius 3 is 2.27 bits per heavy atom. The van der Waals surface area contributed by atoms with Crippen molar-refractivity contribution in [3.05, 3.63) is 55.0 Å². The lowest BCUT2D eigenvalue weighted by atomic mass is 10.0. The van der Waals surface area contributed by atoms with Gasteiger partial charge in [-0.05, 0) is 29.8 Å². The molecule has 0 amide bonds. The Labute approximate surface area is 128 Å². The summed E-state index contributed by atoms with van der Waals surface area (Å²) >= 11 is 0. The predicted molar refractivity (Wildman–Crippen MR) is 82.1 cm³/mol. The lowest BCUT2D eigenvalue weighted by Crippen LogP contribution is -2.11. The number of primary sulfonamides is 1. The van der Waals surface area contributed by atoms with Crippen LogP contribution >= 0.6 is 0 Å². The number of aromatic nitrogens is 3. The molecule has 0 bridgehead atoms. The lowest BCUT2D eigenvalue weighted by Gasteiger charge is -2.03. The minimum atomic E-state index is -3.70. The van der Waals surface area contributed by atoms with Crippen molar-refractivity contribution in [3.8, 4) is 22.4 Å². The van der Waals surface area contributed by atoms with E-state index in [0.717, 1.165) is 22.4 Å². The van der Waals surface area contributed by atoms with Gasteiger partial charge in [-0.15, -0.1) is 0 Å². The van der Waals surface area contributed by atoms with E-state index in [2.05, 4.69) is 16.3 Å². The van der Waals surface area contributed by atoms with Gasteiger partial charge in [0.25, 0.3) is 0 Å². The third-order valence-electron chi connectivity index (χ3n) is 3.19. The van der Waals surface area contributed by atoms with Crippen LogP contribution in [0.4, 0.5) is 0 Å². The number of rotatable bonds is 3. The molecule has 3 aromatic rings. The van der Waals surface area contributed by atoms with Crippen LogP contribution in [0, 0.1) is 6.20 Å². The van der Waals surface area contributed by atoms with Gasteiger partial charge in [0.1, 0.15) is 5.69 Å². The van der Waals surface area contributed by atoms with E-state index >= 15 is 0 Å². The highest BCUT2D eigenvalue weighted by Crippen LogP contribution is 2.30. The molecule has 1 radical (unpaired) electrons. The third-order valence-corrected chi connectivity index (χ3v) is 4.11. The minimum absolute atomic E-state index is 0.0746. The smallest absolute Gasteiger partial charge is 0.238 e. The Bertz CT molecular complexity index is 900. The van der Waals surface area contributed by atoms with Crippen molar-refractivity contribution in [2.45, 2.75) is 4.90 Å². The van der Waals surface area contributed by atoms with Crippen LogP contribution in [0.25, 0.3) is 22.4 Å². The van der Waals surface area contributed by atoms with Gasteiger partial charge in [0.15, 0.2) is 0 Å². The summed E-state index contributed by atoms with van der Waals surface area (Å²) in [5.74, 6) is 0. The molecule has 0 saturated heterocycles. The van der Waals surface area contributed by atoms with Crippen molar-refractivity contribution < 1.29 is 8.42 Å². The maximum Gasteiger partial charge on any atom is 0.238 e. The van der Waals surface area contributed by atoms with Gasteiger partial charge in [0.2, 0.25) is 10.0 Å². The van der Waals surface area contributed by atoms with Crippen LogP contribution in [0.15, 0.2) is 53.7 Å². The average molecular weight is 313 g/mol. The molecule has 0 aliphatic rings. The molecule has 1 aromatic carbocycles. The van der Waals surface area contributed by atoms with Gasteiger partial charge < -0.3 is 0 Å². The molecule has 3 rings (SSSR count). The number of nitrogens with zero attached hydrogens (tertiary/aromatic N) is 3. The zero-order valence-electron chi connectivity index (χ0n) is 11.8. The van der Waals surface area contributed by atoms with E-state index in [0.29, 0.717) is 0 Å². The summed E-state index contributed by atoms with van der Waals surface area (Å²) in [4.78, 5) is 4.07. The number of pyridine rings is 1. The molecule has 2 aromatic heterocycles. The molecule has 0 spiro atoms. The largest absolute Gasteiger partial charge is 0.265 e. The third kappa shape index (κ3) is 2.76. The predicted octanol–water partition coefficient (Wildman–Crippen LogP) is 1.60. The fourth-order valence-electron chi connectivity index (χ4n) is 2.16. The summed E-state index contributed by atoms with van der Waals surface area (Å²) in [5.41, 5.74) is 3.27. The summed E-state index contributed by atoms with van der Waals surface area (Å²) in [6.45, 7) is 0. The summed E-state index contributed by atoms with van der Waals surface area (Å²) in [6.07, 6.45) is 6.51. The fraction of sp³-hybridized carbons (Fsp3) is 0.0667. The van der Waals surface area contributed by atoms with Crippen molar-refractivity contribution in [2.24, 2.45) is 12.2 Å². The molecule has 2 heterocycles. The van der Waals surface area contributed by atoms with Gasteiger partial charge in [0, 0.05) is 30.6 Å². The summed E-state index contributed by atoms with van der Waals surface area (Å²) in [6, 6.07) is 10.1. The van der Waals surface area contributed by atoms with Gasteiger partial charge in [-0.3, -0.25) is 9.67 Å². The van der Waals surface area contributed by atoms with Gasteiger partial charge >= 0.3 is 0 Å². The van der Waals surface area contributed by atoms with Crippen LogP contribution in [0.2, 0.25) is 0 Å². The Morgan fingerprint density at radius 2 is 1.68 bits per heavy atom. The maximum atomic E-state index is 11.3. The lowest BCUT2D eigenvalue weighted by molar-refractivity contribution is 0.598. The summed E-state index contributed by atoms with van der Waals surface area (Å²) in [7, 11) is -1.91. The minimum Gasteiger partial charge on any atom is -0.265 e. The Kier molecular flexibility index (Phi) is 3.51. The molecule has 0 unspecified atom stereocenters. The molecule has 0 fully saturated rings. The average Bonchev–Trinajstić information content (AvgIpc) is 2.89. The van der Waals surface area contributed by atoms with E-state index in [4.69, 9.17) is 5.14 Å². The molecule has 2 N–H and O–H groups in total. The van der Waals surface area contributed by atoms with E-state index in [1.165, 1.54) is 12.1 Å². The standard InChI is InChI=1S/C15H13N4O2S/c1-19-10-14(15(18-19)12-6-8-17-9-7-12)11-2-4-13(5-3-11)22(16,20)21/h2-9H,1H3,(H2,16,20,21). The van der Waals surface area contributed by atoms with Crippen molar-refractivity contribution in [1.82, 2.24) is 14.8 Å². The van der Waals surface area contributed by atoms with Gasteiger partial charge in [-0.2, -0.15) is 5.10 Å². The van der Waals surface area contributed by atoms with Crippen molar-refractivity contribution in [3.63, 3.8) is 0 Å². The quantitative estimate of drug-likeness (QED) is 0.795. The molecule has 0 atom stereocenters. The van der Waals surface area contributed by atoms with Crippen LogP contribution in [-0.2, 0) is 17.1 Å². The Hall–Kier alpha value is -2.51. The van der Waals surface area contributed by atoms with E-state index in [-0.39, 0.29) is 4.90 Å². The van der Waals surface area contributed by atoms with Crippen LogP contribution < -0.4 is 5.14 Å². The SMILES string of the molecule is Cn1[c]c(-c2ccc(S(N)(=O)=O)cc2)c(-c2ccncc2)n1. The normalized spacial score (nSPS) is 11.5.